The van der Waals surface area contributed by atoms with E-state index in [1.54, 1.807) is 0 Å². The van der Waals surface area contributed by atoms with Crippen LogP contribution in [0, 0.1) is 24.2 Å². The van der Waals surface area contributed by atoms with E-state index in [-0.39, 0.29) is 0 Å². The molecule has 3 nitrogen and oxygen atoms in total. The summed E-state index contributed by atoms with van der Waals surface area (Å²) in [5, 5.41) is 8.32. The third-order valence-corrected chi connectivity index (χ3v) is 5.46. The Balaban J connectivity index is 1.50. The molecule has 2 atom stereocenters. The molecule has 19 heavy (non-hydrogen) atoms. The number of aryl methyl sites for hydroxylation is 2. The van der Waals surface area contributed by atoms with Gasteiger partial charge in [-0.15, -0.1) is 0 Å². The molecule has 1 heterocycles. The SMILES string of the molecule is Cc1cc(CC2(CNC3CC3)CC3CC3C2)n(C)n1. The van der Waals surface area contributed by atoms with Gasteiger partial charge in [0.1, 0.15) is 0 Å². The van der Waals surface area contributed by atoms with Crippen molar-refractivity contribution in [3.8, 4) is 0 Å². The lowest BCUT2D eigenvalue weighted by atomic mass is 9.78. The summed E-state index contributed by atoms with van der Waals surface area (Å²) in [6, 6.07) is 3.12. The summed E-state index contributed by atoms with van der Waals surface area (Å²) in [6.07, 6.45) is 8.41. The molecule has 3 fully saturated rings. The van der Waals surface area contributed by atoms with Crippen molar-refractivity contribution in [2.75, 3.05) is 6.54 Å². The minimum Gasteiger partial charge on any atom is -0.313 e. The van der Waals surface area contributed by atoms with Crippen molar-refractivity contribution in [2.24, 2.45) is 24.3 Å². The molecule has 3 aliphatic carbocycles. The van der Waals surface area contributed by atoms with Gasteiger partial charge in [0, 0.05) is 25.3 Å². The molecule has 0 spiro atoms. The summed E-state index contributed by atoms with van der Waals surface area (Å²) in [7, 11) is 2.10. The predicted molar refractivity (Wildman–Crippen MR) is 75.9 cm³/mol. The summed E-state index contributed by atoms with van der Waals surface area (Å²) in [5.74, 6) is 2.10. The largest absolute Gasteiger partial charge is 0.313 e. The zero-order valence-electron chi connectivity index (χ0n) is 12.2. The zero-order chi connectivity index (χ0) is 13.0. The van der Waals surface area contributed by atoms with Crippen LogP contribution in [0.4, 0.5) is 0 Å². The Hall–Kier alpha value is -0.830. The molecule has 104 valence electrons. The average molecular weight is 259 g/mol. The van der Waals surface area contributed by atoms with E-state index in [0.717, 1.165) is 23.6 Å². The van der Waals surface area contributed by atoms with E-state index in [1.165, 1.54) is 50.8 Å². The van der Waals surface area contributed by atoms with Gasteiger partial charge in [0.05, 0.1) is 5.69 Å². The zero-order valence-corrected chi connectivity index (χ0v) is 12.2. The molecular weight excluding hydrogens is 234 g/mol. The second-order valence-electron chi connectivity index (χ2n) is 7.40. The molecule has 0 aromatic carbocycles. The summed E-state index contributed by atoms with van der Waals surface area (Å²) >= 11 is 0. The fraction of sp³-hybridized carbons (Fsp3) is 0.812. The van der Waals surface area contributed by atoms with Crippen molar-refractivity contribution >= 4 is 0 Å². The van der Waals surface area contributed by atoms with Crippen molar-refractivity contribution in [3.63, 3.8) is 0 Å². The van der Waals surface area contributed by atoms with Crippen LogP contribution in [-0.4, -0.2) is 22.4 Å². The van der Waals surface area contributed by atoms with E-state index >= 15 is 0 Å². The Morgan fingerprint density at radius 3 is 2.68 bits per heavy atom. The molecule has 1 aromatic heterocycles. The standard InChI is InChI=1S/C16H25N3/c1-11-5-15(19(2)18-11)9-16(10-17-14-3-4-14)7-12-6-13(12)8-16/h5,12-14,17H,3-4,6-10H2,1-2H3. The number of nitrogens with zero attached hydrogens (tertiary/aromatic N) is 2. The van der Waals surface area contributed by atoms with E-state index in [1.807, 2.05) is 0 Å². The van der Waals surface area contributed by atoms with E-state index in [2.05, 4.69) is 35.1 Å². The van der Waals surface area contributed by atoms with Crippen LogP contribution in [0.2, 0.25) is 0 Å². The van der Waals surface area contributed by atoms with Gasteiger partial charge in [0.15, 0.2) is 0 Å². The highest BCUT2D eigenvalue weighted by atomic mass is 15.3. The van der Waals surface area contributed by atoms with Crippen molar-refractivity contribution in [1.29, 1.82) is 0 Å². The van der Waals surface area contributed by atoms with E-state index in [4.69, 9.17) is 0 Å². The van der Waals surface area contributed by atoms with Crippen LogP contribution >= 0.6 is 0 Å². The highest BCUT2D eigenvalue weighted by Gasteiger charge is 2.53. The number of rotatable bonds is 5. The Labute approximate surface area is 115 Å². The van der Waals surface area contributed by atoms with E-state index in [9.17, 15) is 0 Å². The molecule has 0 saturated heterocycles. The van der Waals surface area contributed by atoms with Crippen LogP contribution in [0.3, 0.4) is 0 Å². The maximum atomic E-state index is 4.52. The normalized spacial score (nSPS) is 36.5. The Morgan fingerprint density at radius 2 is 2.11 bits per heavy atom. The first-order chi connectivity index (χ1) is 9.13. The van der Waals surface area contributed by atoms with Gasteiger partial charge in [-0.05, 0) is 68.8 Å². The lowest BCUT2D eigenvalue weighted by Crippen LogP contribution is -2.36. The summed E-state index contributed by atoms with van der Waals surface area (Å²) in [4.78, 5) is 0. The maximum Gasteiger partial charge on any atom is 0.0596 e. The summed E-state index contributed by atoms with van der Waals surface area (Å²) in [6.45, 7) is 3.33. The van der Waals surface area contributed by atoms with E-state index < -0.39 is 0 Å². The molecule has 3 aliphatic rings. The second kappa shape index (κ2) is 4.08. The van der Waals surface area contributed by atoms with Crippen molar-refractivity contribution < 1.29 is 0 Å². The lowest BCUT2D eigenvalue weighted by Gasteiger charge is -2.31. The molecule has 4 rings (SSSR count). The number of fused-ring (bicyclic) bond motifs is 1. The number of aromatic nitrogens is 2. The minimum atomic E-state index is 0.524. The molecule has 1 N–H and O–H groups in total. The van der Waals surface area contributed by atoms with Crippen LogP contribution in [0.25, 0.3) is 0 Å². The Bertz CT molecular complexity index is 476. The average Bonchev–Trinajstić information content (AvgIpc) is 3.25. The van der Waals surface area contributed by atoms with Crippen LogP contribution in [0.1, 0.15) is 43.5 Å². The molecule has 2 unspecified atom stereocenters. The van der Waals surface area contributed by atoms with Gasteiger partial charge in [0.25, 0.3) is 0 Å². The quantitative estimate of drug-likeness (QED) is 0.880. The van der Waals surface area contributed by atoms with Gasteiger partial charge in [-0.25, -0.2) is 0 Å². The highest BCUT2D eigenvalue weighted by molar-refractivity contribution is 5.15. The van der Waals surface area contributed by atoms with Crippen LogP contribution in [0.15, 0.2) is 6.07 Å². The fourth-order valence-electron chi connectivity index (χ4n) is 4.22. The highest BCUT2D eigenvalue weighted by Crippen LogP contribution is 2.60. The molecule has 3 heteroatoms. The third kappa shape index (κ3) is 2.33. The molecule has 0 aliphatic heterocycles. The number of hydrogen-bond acceptors (Lipinski definition) is 2. The molecule has 1 aromatic rings. The van der Waals surface area contributed by atoms with Crippen LogP contribution in [-0.2, 0) is 13.5 Å². The molecule has 0 radical (unpaired) electrons. The first-order valence-corrected chi connectivity index (χ1v) is 7.86. The Kier molecular flexibility index (Phi) is 2.57. The monoisotopic (exact) mass is 259 g/mol. The Morgan fingerprint density at radius 1 is 1.37 bits per heavy atom. The minimum absolute atomic E-state index is 0.524. The van der Waals surface area contributed by atoms with Crippen LogP contribution in [0.5, 0.6) is 0 Å². The summed E-state index contributed by atoms with van der Waals surface area (Å²) < 4.78 is 2.10. The summed E-state index contributed by atoms with van der Waals surface area (Å²) in [5.41, 5.74) is 3.11. The van der Waals surface area contributed by atoms with Gasteiger partial charge in [0.2, 0.25) is 0 Å². The molecule has 0 amide bonds. The predicted octanol–water partition coefficient (Wildman–Crippen LogP) is 2.44. The molecule has 3 saturated carbocycles. The van der Waals surface area contributed by atoms with Gasteiger partial charge in [-0.3, -0.25) is 4.68 Å². The van der Waals surface area contributed by atoms with Crippen molar-refractivity contribution in [2.45, 2.75) is 51.5 Å². The smallest absolute Gasteiger partial charge is 0.0596 e. The van der Waals surface area contributed by atoms with Gasteiger partial charge in [-0.2, -0.15) is 5.10 Å². The van der Waals surface area contributed by atoms with Gasteiger partial charge >= 0.3 is 0 Å². The first-order valence-electron chi connectivity index (χ1n) is 7.86. The van der Waals surface area contributed by atoms with Crippen molar-refractivity contribution in [3.05, 3.63) is 17.5 Å². The van der Waals surface area contributed by atoms with Crippen LogP contribution < -0.4 is 5.32 Å². The fourth-order valence-corrected chi connectivity index (χ4v) is 4.22. The topological polar surface area (TPSA) is 29.9 Å². The first kappa shape index (κ1) is 12.0. The lowest BCUT2D eigenvalue weighted by molar-refractivity contribution is 0.242. The number of nitrogens with one attached hydrogen (secondary N) is 1. The van der Waals surface area contributed by atoms with E-state index in [0.29, 0.717) is 5.41 Å². The number of hydrogen-bond donors (Lipinski definition) is 1. The maximum absolute atomic E-state index is 4.52. The molecular formula is C16H25N3. The second-order valence-corrected chi connectivity index (χ2v) is 7.40. The van der Waals surface area contributed by atoms with Crippen molar-refractivity contribution in [1.82, 2.24) is 15.1 Å². The van der Waals surface area contributed by atoms with Gasteiger partial charge in [-0.1, -0.05) is 0 Å². The van der Waals surface area contributed by atoms with Gasteiger partial charge < -0.3 is 5.32 Å². The molecule has 0 bridgehead atoms. The third-order valence-electron chi connectivity index (χ3n) is 5.46.